The SMILES string of the molecule is FC(F)(F)c1cc(N2CCC(Oc3ccn4nccc4n3)CC2)ncn1. The highest BCUT2D eigenvalue weighted by atomic mass is 19.4. The Kier molecular flexibility index (Phi) is 4.09. The van der Waals surface area contributed by atoms with Gasteiger partial charge in [0.2, 0.25) is 5.88 Å². The maximum atomic E-state index is 12.8. The van der Waals surface area contributed by atoms with Crippen LogP contribution in [-0.2, 0) is 6.18 Å². The third-order valence-corrected chi connectivity index (χ3v) is 4.23. The smallest absolute Gasteiger partial charge is 0.433 e. The number of aromatic nitrogens is 5. The van der Waals surface area contributed by atoms with Crippen LogP contribution in [0.15, 0.2) is 36.9 Å². The third kappa shape index (κ3) is 3.39. The minimum absolute atomic E-state index is 0.0481. The zero-order valence-corrected chi connectivity index (χ0v) is 13.6. The average molecular weight is 364 g/mol. The van der Waals surface area contributed by atoms with E-state index in [-0.39, 0.29) is 11.9 Å². The van der Waals surface area contributed by atoms with Crippen molar-refractivity contribution in [1.82, 2.24) is 24.6 Å². The highest BCUT2D eigenvalue weighted by Gasteiger charge is 2.33. The first kappa shape index (κ1) is 16.6. The zero-order chi connectivity index (χ0) is 18.1. The number of anilines is 1. The van der Waals surface area contributed by atoms with E-state index in [9.17, 15) is 13.2 Å². The Morgan fingerprint density at radius 3 is 2.69 bits per heavy atom. The quantitative estimate of drug-likeness (QED) is 0.712. The Hall–Kier alpha value is -2.91. The zero-order valence-electron chi connectivity index (χ0n) is 13.6. The summed E-state index contributed by atoms with van der Waals surface area (Å²) in [5.41, 5.74) is -0.236. The largest absolute Gasteiger partial charge is 0.474 e. The lowest BCUT2D eigenvalue weighted by molar-refractivity contribution is -0.141. The molecule has 1 aliphatic rings. The predicted octanol–water partition coefficient (Wildman–Crippen LogP) is 2.59. The van der Waals surface area contributed by atoms with E-state index in [1.807, 2.05) is 4.90 Å². The summed E-state index contributed by atoms with van der Waals surface area (Å²) in [7, 11) is 0. The minimum Gasteiger partial charge on any atom is -0.474 e. The lowest BCUT2D eigenvalue weighted by atomic mass is 10.1. The molecule has 1 fully saturated rings. The van der Waals surface area contributed by atoms with Gasteiger partial charge in [-0.1, -0.05) is 0 Å². The van der Waals surface area contributed by atoms with Crippen molar-refractivity contribution in [2.45, 2.75) is 25.1 Å². The summed E-state index contributed by atoms with van der Waals surface area (Å²) in [6, 6.07) is 4.51. The molecule has 0 bridgehead atoms. The summed E-state index contributed by atoms with van der Waals surface area (Å²) in [5, 5.41) is 4.07. The summed E-state index contributed by atoms with van der Waals surface area (Å²) >= 11 is 0. The van der Waals surface area contributed by atoms with Crippen LogP contribution in [0.2, 0.25) is 0 Å². The molecule has 4 rings (SSSR count). The van der Waals surface area contributed by atoms with Crippen molar-refractivity contribution in [3.63, 3.8) is 0 Å². The topological polar surface area (TPSA) is 68.4 Å². The second-order valence-electron chi connectivity index (χ2n) is 5.96. The van der Waals surface area contributed by atoms with Gasteiger partial charge >= 0.3 is 6.18 Å². The van der Waals surface area contributed by atoms with Crippen LogP contribution >= 0.6 is 0 Å². The molecular formula is C16H15F3N6O. The first-order valence-corrected chi connectivity index (χ1v) is 8.10. The van der Waals surface area contributed by atoms with Crippen molar-refractivity contribution in [1.29, 1.82) is 0 Å². The van der Waals surface area contributed by atoms with Crippen LogP contribution in [0.3, 0.4) is 0 Å². The number of nitrogens with zero attached hydrogens (tertiary/aromatic N) is 6. The molecule has 0 aromatic carbocycles. The Bertz CT molecular complexity index is 904. The second-order valence-corrected chi connectivity index (χ2v) is 5.96. The van der Waals surface area contributed by atoms with E-state index >= 15 is 0 Å². The van der Waals surface area contributed by atoms with Gasteiger partial charge in [-0.2, -0.15) is 23.3 Å². The van der Waals surface area contributed by atoms with E-state index in [2.05, 4.69) is 20.1 Å². The Morgan fingerprint density at radius 2 is 1.92 bits per heavy atom. The van der Waals surface area contributed by atoms with Crippen molar-refractivity contribution in [2.75, 3.05) is 18.0 Å². The van der Waals surface area contributed by atoms with E-state index in [0.717, 1.165) is 12.4 Å². The fourth-order valence-corrected chi connectivity index (χ4v) is 2.91. The van der Waals surface area contributed by atoms with E-state index in [1.54, 1.807) is 29.0 Å². The van der Waals surface area contributed by atoms with Crippen molar-refractivity contribution < 1.29 is 17.9 Å². The summed E-state index contributed by atoms with van der Waals surface area (Å²) in [4.78, 5) is 13.4. The molecule has 0 unspecified atom stereocenters. The molecular weight excluding hydrogens is 349 g/mol. The molecule has 1 saturated heterocycles. The van der Waals surface area contributed by atoms with Crippen LogP contribution in [0.5, 0.6) is 5.88 Å². The lowest BCUT2D eigenvalue weighted by Gasteiger charge is -2.32. The third-order valence-electron chi connectivity index (χ3n) is 4.23. The van der Waals surface area contributed by atoms with Crippen molar-refractivity contribution in [2.24, 2.45) is 0 Å². The molecule has 3 aromatic heterocycles. The van der Waals surface area contributed by atoms with Gasteiger partial charge in [0.25, 0.3) is 0 Å². The number of rotatable bonds is 3. The molecule has 0 radical (unpaired) electrons. The molecule has 0 spiro atoms. The lowest BCUT2D eigenvalue weighted by Crippen LogP contribution is -2.39. The maximum absolute atomic E-state index is 12.8. The average Bonchev–Trinajstić information content (AvgIpc) is 3.10. The van der Waals surface area contributed by atoms with E-state index < -0.39 is 11.9 Å². The molecule has 4 heterocycles. The predicted molar refractivity (Wildman–Crippen MR) is 85.9 cm³/mol. The maximum Gasteiger partial charge on any atom is 0.433 e. The van der Waals surface area contributed by atoms with Crippen molar-refractivity contribution >= 4 is 11.5 Å². The van der Waals surface area contributed by atoms with Crippen LogP contribution in [0.4, 0.5) is 19.0 Å². The Morgan fingerprint density at radius 1 is 1.12 bits per heavy atom. The monoisotopic (exact) mass is 364 g/mol. The van der Waals surface area contributed by atoms with Gasteiger partial charge in [-0.05, 0) is 0 Å². The van der Waals surface area contributed by atoms with E-state index in [4.69, 9.17) is 4.74 Å². The van der Waals surface area contributed by atoms with E-state index in [1.165, 1.54) is 0 Å². The van der Waals surface area contributed by atoms with Gasteiger partial charge in [0.15, 0.2) is 5.65 Å². The summed E-state index contributed by atoms with van der Waals surface area (Å²) in [5.74, 6) is 0.794. The van der Waals surface area contributed by atoms with Gasteiger partial charge < -0.3 is 9.64 Å². The highest BCUT2D eigenvalue weighted by molar-refractivity contribution is 5.40. The van der Waals surface area contributed by atoms with Crippen LogP contribution < -0.4 is 9.64 Å². The minimum atomic E-state index is -4.48. The molecule has 0 N–H and O–H groups in total. The molecule has 26 heavy (non-hydrogen) atoms. The Balaban J connectivity index is 1.39. The summed E-state index contributed by atoms with van der Waals surface area (Å²) < 4.78 is 45.9. The van der Waals surface area contributed by atoms with Crippen LogP contribution in [0.25, 0.3) is 5.65 Å². The number of hydrogen-bond acceptors (Lipinski definition) is 6. The van der Waals surface area contributed by atoms with Gasteiger partial charge in [-0.25, -0.2) is 14.5 Å². The Labute approximate surface area is 146 Å². The number of ether oxygens (including phenoxy) is 1. The van der Waals surface area contributed by atoms with Gasteiger partial charge in [-0.3, -0.25) is 0 Å². The molecule has 10 heteroatoms. The normalized spacial score (nSPS) is 16.2. The van der Waals surface area contributed by atoms with Crippen molar-refractivity contribution in [3.05, 3.63) is 42.6 Å². The second kappa shape index (κ2) is 6.43. The van der Waals surface area contributed by atoms with Gasteiger partial charge in [0, 0.05) is 50.3 Å². The molecule has 0 aliphatic carbocycles. The van der Waals surface area contributed by atoms with Gasteiger partial charge in [0.05, 0.1) is 6.20 Å². The number of halogens is 3. The highest BCUT2D eigenvalue weighted by Crippen LogP contribution is 2.30. The molecule has 7 nitrogen and oxygen atoms in total. The summed E-state index contributed by atoms with van der Waals surface area (Å²) in [6.45, 7) is 1.10. The first-order valence-electron chi connectivity index (χ1n) is 8.10. The molecule has 0 amide bonds. The standard InChI is InChI=1S/C16H15F3N6O/c17-16(18,19)12-9-14(21-10-20-12)24-6-2-11(3-7-24)26-15-4-8-25-13(23-15)1-5-22-25/h1,4-5,8-11H,2-3,6-7H2. The fourth-order valence-electron chi connectivity index (χ4n) is 2.91. The van der Waals surface area contributed by atoms with E-state index in [0.29, 0.717) is 37.5 Å². The number of fused-ring (bicyclic) bond motifs is 1. The molecule has 0 saturated carbocycles. The van der Waals surface area contributed by atoms with Gasteiger partial charge in [-0.15, -0.1) is 0 Å². The molecule has 3 aromatic rings. The number of hydrogen-bond donors (Lipinski definition) is 0. The number of alkyl halides is 3. The number of piperidine rings is 1. The first-order chi connectivity index (χ1) is 12.5. The van der Waals surface area contributed by atoms with Crippen LogP contribution in [0.1, 0.15) is 18.5 Å². The molecule has 136 valence electrons. The molecule has 0 atom stereocenters. The van der Waals surface area contributed by atoms with Gasteiger partial charge in [0.1, 0.15) is 23.9 Å². The molecule has 1 aliphatic heterocycles. The van der Waals surface area contributed by atoms with Crippen LogP contribution in [0, 0.1) is 0 Å². The van der Waals surface area contributed by atoms with Crippen molar-refractivity contribution in [3.8, 4) is 5.88 Å². The summed E-state index contributed by atoms with van der Waals surface area (Å²) in [6.07, 6.45) is 1.18. The fraction of sp³-hybridized carbons (Fsp3) is 0.375. The van der Waals surface area contributed by atoms with Crippen LogP contribution in [-0.4, -0.2) is 43.8 Å².